The summed E-state index contributed by atoms with van der Waals surface area (Å²) in [7, 11) is 0. The second-order valence-corrected chi connectivity index (χ2v) is 17.2. The van der Waals surface area contributed by atoms with Gasteiger partial charge >= 0.3 is 0 Å². The molecule has 2 aliphatic heterocycles. The fourth-order valence-corrected chi connectivity index (χ4v) is 8.14. The molecule has 0 N–H and O–H groups in total. The summed E-state index contributed by atoms with van der Waals surface area (Å²) in [5.74, 6) is 2.02. The van der Waals surface area contributed by atoms with Gasteiger partial charge in [0.2, 0.25) is 0 Å². The third kappa shape index (κ3) is 7.00. The van der Waals surface area contributed by atoms with Gasteiger partial charge in [-0.3, -0.25) is 0 Å². The number of nitrogens with zero attached hydrogens (tertiary/aromatic N) is 4. The van der Waals surface area contributed by atoms with Crippen LogP contribution in [0.25, 0.3) is 22.3 Å². The summed E-state index contributed by atoms with van der Waals surface area (Å²) >= 11 is 0. The van der Waals surface area contributed by atoms with E-state index in [-0.39, 0.29) is 31.9 Å². The van der Waals surface area contributed by atoms with Crippen molar-refractivity contribution in [1.29, 1.82) is 0 Å². The first kappa shape index (κ1) is 39.2. The number of hydrogen-bond acceptors (Lipinski definition) is 5. The van der Waals surface area contributed by atoms with Gasteiger partial charge in [-0.2, -0.15) is 12.1 Å². The summed E-state index contributed by atoms with van der Waals surface area (Å²) in [5, 5.41) is 0. The van der Waals surface area contributed by atoms with Crippen molar-refractivity contribution in [2.45, 2.75) is 66.2 Å². The smallest absolute Gasteiger partial charge is 0.135 e. The molecule has 294 valence electrons. The van der Waals surface area contributed by atoms with E-state index < -0.39 is 0 Å². The predicted octanol–water partition coefficient (Wildman–Crippen LogP) is 14.2. The molecule has 0 fully saturated rings. The number of aromatic nitrogens is 1. The number of anilines is 7. The van der Waals surface area contributed by atoms with Gasteiger partial charge < -0.3 is 19.4 Å². The van der Waals surface area contributed by atoms with Crippen LogP contribution in [0.1, 0.15) is 63.8 Å². The Kier molecular flexibility index (Phi) is 10.1. The van der Waals surface area contributed by atoms with Gasteiger partial charge in [0.1, 0.15) is 5.82 Å². The average molecular weight is 939 g/mol. The van der Waals surface area contributed by atoms with Gasteiger partial charge in [-0.05, 0) is 82.8 Å². The molecule has 6 heteroatoms. The minimum atomic E-state index is -0.0523. The molecule has 7 aromatic rings. The first-order chi connectivity index (χ1) is 27.3. The topological polar surface area (TPSA) is 31.8 Å². The number of fused-ring (bicyclic) bond motifs is 6. The van der Waals surface area contributed by atoms with E-state index >= 15 is 0 Å². The van der Waals surface area contributed by atoms with E-state index in [4.69, 9.17) is 9.72 Å². The van der Waals surface area contributed by atoms with Crippen molar-refractivity contribution >= 4 is 39.9 Å². The Balaban J connectivity index is 0.00000469. The van der Waals surface area contributed by atoms with Gasteiger partial charge in [-0.25, -0.2) is 4.98 Å². The van der Waals surface area contributed by atoms with E-state index in [0.29, 0.717) is 11.5 Å². The van der Waals surface area contributed by atoms with E-state index in [1.807, 2.05) is 24.4 Å². The molecule has 0 atom stereocenters. The molecule has 0 unspecified atom stereocenters. The molecule has 1 aromatic heterocycles. The van der Waals surface area contributed by atoms with Crippen molar-refractivity contribution in [1.82, 2.24) is 4.98 Å². The average Bonchev–Trinajstić information content (AvgIpc) is 3.51. The van der Waals surface area contributed by atoms with E-state index in [0.717, 1.165) is 50.9 Å². The maximum absolute atomic E-state index is 6.69. The van der Waals surface area contributed by atoms with Crippen LogP contribution in [0.2, 0.25) is 0 Å². The Morgan fingerprint density at radius 1 is 0.552 bits per heavy atom. The SMILES string of the molecule is Cc1cc(C(C)(C)C)cc(C)c1N1[CH-]N(c2[c-]c(Oc3[c-]c4c(cc3)-c3ccccc3-c3ccccc3N4c3cc(C(C)(C)C)ccn3)ccc2)c2ccccc21.[Pt]. The zero-order chi connectivity index (χ0) is 39.6. The molecule has 0 bridgehead atoms. The van der Waals surface area contributed by atoms with E-state index in [1.165, 1.54) is 33.5 Å². The Morgan fingerprint density at radius 3 is 1.81 bits per heavy atom. The molecule has 0 radical (unpaired) electrons. The zero-order valence-electron chi connectivity index (χ0n) is 34.3. The van der Waals surface area contributed by atoms with Crippen molar-refractivity contribution in [3.05, 3.63) is 175 Å². The molecule has 3 heterocycles. The number of hydrogen-bond donors (Lipinski definition) is 0. The Hall–Kier alpha value is -5.64. The molecule has 9 rings (SSSR count). The summed E-state index contributed by atoms with van der Waals surface area (Å²) < 4.78 is 6.69. The molecule has 2 aliphatic rings. The predicted molar refractivity (Wildman–Crippen MR) is 236 cm³/mol. The monoisotopic (exact) mass is 938 g/mol. The minimum absolute atomic E-state index is 0. The third-order valence-corrected chi connectivity index (χ3v) is 11.1. The van der Waals surface area contributed by atoms with Gasteiger partial charge in [0.05, 0.1) is 5.69 Å². The first-order valence-corrected chi connectivity index (χ1v) is 19.7. The van der Waals surface area contributed by atoms with Crippen LogP contribution in [-0.2, 0) is 31.9 Å². The van der Waals surface area contributed by atoms with Crippen LogP contribution in [-0.4, -0.2) is 4.98 Å². The van der Waals surface area contributed by atoms with Crippen LogP contribution >= 0.6 is 0 Å². The van der Waals surface area contributed by atoms with Gasteiger partial charge in [-0.15, -0.1) is 48.3 Å². The van der Waals surface area contributed by atoms with E-state index in [9.17, 15) is 0 Å². The molecule has 0 aliphatic carbocycles. The van der Waals surface area contributed by atoms with Crippen LogP contribution in [0.15, 0.2) is 134 Å². The van der Waals surface area contributed by atoms with Crippen molar-refractivity contribution in [2.75, 3.05) is 14.7 Å². The Labute approximate surface area is 358 Å². The molecule has 6 aromatic carbocycles. The minimum Gasteiger partial charge on any atom is -0.509 e. The maximum atomic E-state index is 6.69. The molecular formula is C52H47N4OPt-3. The zero-order valence-corrected chi connectivity index (χ0v) is 36.6. The second kappa shape index (κ2) is 14.9. The number of pyridine rings is 1. The number of rotatable bonds is 5. The van der Waals surface area contributed by atoms with Crippen molar-refractivity contribution in [3.8, 4) is 33.8 Å². The van der Waals surface area contributed by atoms with Crippen LogP contribution in [0, 0.1) is 32.6 Å². The van der Waals surface area contributed by atoms with Gasteiger partial charge in [-0.1, -0.05) is 120 Å². The van der Waals surface area contributed by atoms with Crippen LogP contribution in [0.5, 0.6) is 11.5 Å². The molecule has 5 nitrogen and oxygen atoms in total. The Bertz CT molecular complexity index is 2650. The van der Waals surface area contributed by atoms with Gasteiger partial charge in [0.15, 0.2) is 0 Å². The summed E-state index contributed by atoms with van der Waals surface area (Å²) in [4.78, 5) is 11.7. The van der Waals surface area contributed by atoms with Crippen molar-refractivity contribution in [3.63, 3.8) is 0 Å². The van der Waals surface area contributed by atoms with Crippen LogP contribution in [0.4, 0.5) is 39.9 Å². The number of para-hydroxylation sites is 3. The number of ether oxygens (including phenoxy) is 1. The maximum Gasteiger partial charge on any atom is 0.135 e. The van der Waals surface area contributed by atoms with E-state index in [1.54, 1.807) is 0 Å². The number of benzene rings is 6. The second-order valence-electron chi connectivity index (χ2n) is 17.2. The fraction of sp³-hybridized carbons (Fsp3) is 0.192. The van der Waals surface area contributed by atoms with Crippen molar-refractivity contribution in [2.24, 2.45) is 0 Å². The largest absolute Gasteiger partial charge is 0.509 e. The molecule has 0 amide bonds. The summed E-state index contributed by atoms with van der Waals surface area (Å²) in [6.45, 7) is 20.1. The molecule has 0 saturated heterocycles. The molecule has 58 heavy (non-hydrogen) atoms. The normalized spacial score (nSPS) is 13.2. The Morgan fingerprint density at radius 2 is 1.14 bits per heavy atom. The van der Waals surface area contributed by atoms with E-state index in [2.05, 4.69) is 198 Å². The summed E-state index contributed by atoms with van der Waals surface area (Å²) in [6, 6.07) is 52.2. The summed E-state index contributed by atoms with van der Waals surface area (Å²) in [6.07, 6.45) is 1.91. The standard InChI is InChI=1S/C52H47N4O.Pt/c1-34-28-37(52(6,7)8)29-35(2)50(34)55-33-54(46-22-13-14-23-47(46)55)38-16-15-17-39(31-38)57-40-24-25-44-42-19-10-9-18-41(42)43-20-11-12-21-45(43)56(48(44)32-40)49-30-36(26-27-53-49)51(3,4)5;/h9-30,33H,1-8H3;/q-3;. The molecular weight excluding hydrogens is 892 g/mol. The summed E-state index contributed by atoms with van der Waals surface area (Å²) in [5.41, 5.74) is 15.7. The first-order valence-electron chi connectivity index (χ1n) is 19.7. The van der Waals surface area contributed by atoms with Crippen LogP contribution < -0.4 is 19.4 Å². The third-order valence-electron chi connectivity index (χ3n) is 11.1. The molecule has 0 spiro atoms. The van der Waals surface area contributed by atoms with Crippen LogP contribution in [0.3, 0.4) is 0 Å². The molecule has 0 saturated carbocycles. The fourth-order valence-electron chi connectivity index (χ4n) is 8.14. The van der Waals surface area contributed by atoms with Gasteiger partial charge in [0, 0.05) is 61.4 Å². The van der Waals surface area contributed by atoms with Gasteiger partial charge in [0.25, 0.3) is 0 Å². The quantitative estimate of drug-likeness (QED) is 0.161. The number of aryl methyl sites for hydroxylation is 2. The van der Waals surface area contributed by atoms with Crippen molar-refractivity contribution < 1.29 is 25.8 Å².